The van der Waals surface area contributed by atoms with E-state index in [0.717, 1.165) is 0 Å². The Morgan fingerprint density at radius 1 is 1.16 bits per heavy atom. The zero-order valence-corrected chi connectivity index (χ0v) is 10.5. The zero-order valence-electron chi connectivity index (χ0n) is 10.5. The molecule has 0 saturated carbocycles. The third-order valence-corrected chi connectivity index (χ3v) is 2.07. The monoisotopic (exact) mass is 279 g/mol. The van der Waals surface area contributed by atoms with Gasteiger partial charge in [0.15, 0.2) is 0 Å². The number of rotatable bonds is 8. The van der Waals surface area contributed by atoms with E-state index in [1.54, 1.807) is 13.2 Å². The third-order valence-electron chi connectivity index (χ3n) is 2.07. The molecule has 0 fully saturated rings. The molecule has 0 saturated heterocycles. The fourth-order valence-corrected chi connectivity index (χ4v) is 1.32. The lowest BCUT2D eigenvalue weighted by molar-refractivity contribution is -0.274. The van der Waals surface area contributed by atoms with Crippen LogP contribution in [0.5, 0.6) is 5.75 Å². The molecule has 1 aromatic carbocycles. The number of ether oxygens (including phenoxy) is 3. The highest BCUT2D eigenvalue weighted by molar-refractivity contribution is 5.48. The lowest BCUT2D eigenvalue weighted by Crippen LogP contribution is -2.17. The molecule has 1 aromatic rings. The Hall–Kier alpha value is -1.47. The van der Waals surface area contributed by atoms with Crippen molar-refractivity contribution in [3.8, 4) is 5.75 Å². The Kier molecular flexibility index (Phi) is 6.44. The van der Waals surface area contributed by atoms with Gasteiger partial charge in [-0.15, -0.1) is 13.2 Å². The van der Waals surface area contributed by atoms with Crippen LogP contribution in [0.3, 0.4) is 0 Å². The summed E-state index contributed by atoms with van der Waals surface area (Å²) in [5, 5.41) is 2.93. The SMILES string of the molecule is COCCOCCNc1cccc(OC(F)(F)F)c1. The molecule has 0 unspecified atom stereocenters. The second kappa shape index (κ2) is 7.85. The molecule has 1 N–H and O–H groups in total. The maximum atomic E-state index is 12.0. The van der Waals surface area contributed by atoms with Crippen molar-refractivity contribution in [1.82, 2.24) is 0 Å². The standard InChI is InChI=1S/C12H16F3NO3/c1-17-7-8-18-6-5-16-10-3-2-4-11(9-10)19-12(13,14)15/h2-4,9,16H,5-8H2,1H3. The Bertz CT molecular complexity index is 371. The van der Waals surface area contributed by atoms with E-state index in [0.29, 0.717) is 32.1 Å². The number of alkyl halides is 3. The predicted octanol–water partition coefficient (Wildman–Crippen LogP) is 2.66. The quantitative estimate of drug-likeness (QED) is 0.743. The van der Waals surface area contributed by atoms with Crippen LogP contribution < -0.4 is 10.1 Å². The van der Waals surface area contributed by atoms with Gasteiger partial charge in [0, 0.05) is 25.4 Å². The Balaban J connectivity index is 2.32. The molecule has 1 rings (SSSR count). The number of methoxy groups -OCH3 is 1. The van der Waals surface area contributed by atoms with Crippen LogP contribution in [0.25, 0.3) is 0 Å². The second-order valence-electron chi connectivity index (χ2n) is 3.61. The average molecular weight is 279 g/mol. The van der Waals surface area contributed by atoms with E-state index < -0.39 is 6.36 Å². The highest BCUT2D eigenvalue weighted by Crippen LogP contribution is 2.24. The number of anilines is 1. The van der Waals surface area contributed by atoms with Crippen molar-refractivity contribution in [1.29, 1.82) is 0 Å². The normalized spacial score (nSPS) is 11.4. The van der Waals surface area contributed by atoms with E-state index in [1.165, 1.54) is 18.2 Å². The van der Waals surface area contributed by atoms with Crippen LogP contribution in [0.15, 0.2) is 24.3 Å². The summed E-state index contributed by atoms with van der Waals surface area (Å²) in [5.41, 5.74) is 0.539. The number of nitrogens with one attached hydrogen (secondary N) is 1. The summed E-state index contributed by atoms with van der Waals surface area (Å²) in [6, 6.07) is 5.66. The Labute approximate surface area is 109 Å². The maximum absolute atomic E-state index is 12.0. The minimum Gasteiger partial charge on any atom is -0.406 e. The van der Waals surface area contributed by atoms with E-state index in [2.05, 4.69) is 10.1 Å². The van der Waals surface area contributed by atoms with Gasteiger partial charge in [0.05, 0.1) is 19.8 Å². The van der Waals surface area contributed by atoms with Gasteiger partial charge < -0.3 is 19.5 Å². The smallest absolute Gasteiger partial charge is 0.406 e. The predicted molar refractivity (Wildman–Crippen MR) is 64.3 cm³/mol. The molecule has 0 aliphatic heterocycles. The van der Waals surface area contributed by atoms with Crippen LogP contribution in [0.4, 0.5) is 18.9 Å². The fourth-order valence-electron chi connectivity index (χ4n) is 1.32. The van der Waals surface area contributed by atoms with Gasteiger partial charge in [-0.25, -0.2) is 0 Å². The van der Waals surface area contributed by atoms with Gasteiger partial charge in [-0.1, -0.05) is 6.07 Å². The first-order valence-electron chi connectivity index (χ1n) is 5.67. The summed E-state index contributed by atoms with van der Waals surface area (Å²) >= 11 is 0. The number of hydrogen-bond acceptors (Lipinski definition) is 4. The van der Waals surface area contributed by atoms with Gasteiger partial charge in [0.25, 0.3) is 0 Å². The third kappa shape index (κ3) is 7.53. The van der Waals surface area contributed by atoms with E-state index >= 15 is 0 Å². The molecule has 0 aliphatic rings. The van der Waals surface area contributed by atoms with Crippen molar-refractivity contribution in [3.63, 3.8) is 0 Å². The first-order valence-corrected chi connectivity index (χ1v) is 5.67. The molecule has 0 bridgehead atoms. The van der Waals surface area contributed by atoms with E-state index in [1.807, 2.05) is 0 Å². The lowest BCUT2D eigenvalue weighted by atomic mass is 10.3. The van der Waals surface area contributed by atoms with Crippen molar-refractivity contribution in [3.05, 3.63) is 24.3 Å². The van der Waals surface area contributed by atoms with Gasteiger partial charge in [-0.3, -0.25) is 0 Å². The van der Waals surface area contributed by atoms with Crippen LogP contribution in [0.1, 0.15) is 0 Å². The largest absolute Gasteiger partial charge is 0.573 e. The summed E-state index contributed by atoms with van der Waals surface area (Å²) in [6.45, 7) is 1.91. The van der Waals surface area contributed by atoms with E-state index in [-0.39, 0.29) is 5.75 Å². The van der Waals surface area contributed by atoms with Gasteiger partial charge in [0.2, 0.25) is 0 Å². The molecule has 108 valence electrons. The topological polar surface area (TPSA) is 39.7 Å². The minimum atomic E-state index is -4.68. The Morgan fingerprint density at radius 2 is 1.95 bits per heavy atom. The summed E-state index contributed by atoms with van der Waals surface area (Å²) in [7, 11) is 1.58. The summed E-state index contributed by atoms with van der Waals surface area (Å²) in [6.07, 6.45) is -4.68. The van der Waals surface area contributed by atoms with E-state index in [9.17, 15) is 13.2 Å². The lowest BCUT2D eigenvalue weighted by Gasteiger charge is -2.11. The van der Waals surface area contributed by atoms with Gasteiger partial charge in [-0.05, 0) is 12.1 Å². The van der Waals surface area contributed by atoms with Crippen LogP contribution in [0.2, 0.25) is 0 Å². The number of hydrogen-bond donors (Lipinski definition) is 1. The van der Waals surface area contributed by atoms with Crippen LogP contribution in [-0.2, 0) is 9.47 Å². The molecule has 19 heavy (non-hydrogen) atoms. The van der Waals surface area contributed by atoms with Crippen molar-refractivity contribution in [2.75, 3.05) is 38.8 Å². The molecule has 0 aromatic heterocycles. The Morgan fingerprint density at radius 3 is 2.63 bits per heavy atom. The van der Waals surface area contributed by atoms with Crippen molar-refractivity contribution >= 4 is 5.69 Å². The number of halogens is 3. The molecule has 0 amide bonds. The van der Waals surface area contributed by atoms with Crippen molar-refractivity contribution in [2.24, 2.45) is 0 Å². The van der Waals surface area contributed by atoms with Gasteiger partial charge >= 0.3 is 6.36 Å². The minimum absolute atomic E-state index is 0.252. The zero-order chi connectivity index (χ0) is 14.1. The molecule has 0 spiro atoms. The van der Waals surface area contributed by atoms with Crippen LogP contribution in [0, 0.1) is 0 Å². The van der Waals surface area contributed by atoms with Gasteiger partial charge in [0.1, 0.15) is 5.75 Å². The molecule has 7 heteroatoms. The first-order chi connectivity index (χ1) is 9.01. The van der Waals surface area contributed by atoms with Crippen LogP contribution >= 0.6 is 0 Å². The average Bonchev–Trinajstić information content (AvgIpc) is 2.32. The highest BCUT2D eigenvalue weighted by atomic mass is 19.4. The number of benzene rings is 1. The molecule has 0 heterocycles. The summed E-state index contributed by atoms with van der Waals surface area (Å²) in [5.74, 6) is -0.252. The fraction of sp³-hybridized carbons (Fsp3) is 0.500. The van der Waals surface area contributed by atoms with Crippen molar-refractivity contribution < 1.29 is 27.4 Å². The molecule has 4 nitrogen and oxygen atoms in total. The maximum Gasteiger partial charge on any atom is 0.573 e. The van der Waals surface area contributed by atoms with E-state index in [4.69, 9.17) is 9.47 Å². The summed E-state index contributed by atoms with van der Waals surface area (Å²) < 4.78 is 49.9. The summed E-state index contributed by atoms with van der Waals surface area (Å²) in [4.78, 5) is 0. The molecular weight excluding hydrogens is 263 g/mol. The highest BCUT2D eigenvalue weighted by Gasteiger charge is 2.31. The molecule has 0 atom stereocenters. The molecule has 0 radical (unpaired) electrons. The second-order valence-corrected chi connectivity index (χ2v) is 3.61. The first kappa shape index (κ1) is 15.6. The molecule has 0 aliphatic carbocycles. The molecular formula is C12H16F3NO3. The van der Waals surface area contributed by atoms with Crippen molar-refractivity contribution in [2.45, 2.75) is 6.36 Å². The van der Waals surface area contributed by atoms with Crippen LogP contribution in [-0.4, -0.2) is 39.8 Å². The van der Waals surface area contributed by atoms with Gasteiger partial charge in [-0.2, -0.15) is 0 Å².